The molecule has 1 heterocycles. The first kappa shape index (κ1) is 11.6. The van der Waals surface area contributed by atoms with Gasteiger partial charge in [-0.05, 0) is 54.0 Å². The van der Waals surface area contributed by atoms with Gasteiger partial charge in [0.25, 0.3) is 0 Å². The zero-order chi connectivity index (χ0) is 11.5. The first-order valence-corrected chi connectivity index (χ1v) is 6.70. The molecule has 0 unspecified atom stereocenters. The van der Waals surface area contributed by atoms with Gasteiger partial charge in [0.1, 0.15) is 5.75 Å². The number of benzene rings is 1. The molecule has 0 atom stereocenters. The van der Waals surface area contributed by atoms with Crippen LogP contribution in [-0.4, -0.2) is 11.1 Å². The van der Waals surface area contributed by atoms with E-state index in [1.165, 1.54) is 0 Å². The number of hydrogen-bond acceptors (Lipinski definition) is 3. The number of thiazole rings is 1. The number of rotatable bonds is 3. The van der Waals surface area contributed by atoms with Crippen LogP contribution in [0, 0.1) is 0 Å². The van der Waals surface area contributed by atoms with Crippen LogP contribution in [0.5, 0.6) is 5.75 Å². The van der Waals surface area contributed by atoms with Crippen molar-refractivity contribution in [2.24, 2.45) is 0 Å². The molecule has 0 spiro atoms. The van der Waals surface area contributed by atoms with Crippen molar-refractivity contribution in [2.45, 2.75) is 20.0 Å². The third-order valence-corrected chi connectivity index (χ3v) is 3.36. The van der Waals surface area contributed by atoms with Crippen LogP contribution in [0.3, 0.4) is 0 Å². The highest BCUT2D eigenvalue weighted by Crippen LogP contribution is 2.26. The summed E-state index contributed by atoms with van der Waals surface area (Å²) in [5, 5.41) is 2.03. The molecule has 0 N–H and O–H groups in total. The maximum atomic E-state index is 5.58. The molecule has 1 aromatic heterocycles. The van der Waals surface area contributed by atoms with Crippen molar-refractivity contribution in [3.8, 4) is 17.0 Å². The Kier molecular flexibility index (Phi) is 3.61. The molecule has 0 amide bonds. The Morgan fingerprint density at radius 3 is 2.44 bits per heavy atom. The predicted molar refractivity (Wildman–Crippen MR) is 71.0 cm³/mol. The Labute approximate surface area is 107 Å². The summed E-state index contributed by atoms with van der Waals surface area (Å²) in [5.41, 5.74) is 2.10. The Balaban J connectivity index is 2.19. The van der Waals surface area contributed by atoms with E-state index in [4.69, 9.17) is 4.74 Å². The molecule has 1 aromatic carbocycles. The van der Waals surface area contributed by atoms with E-state index >= 15 is 0 Å². The number of ether oxygens (including phenoxy) is 1. The lowest BCUT2D eigenvalue weighted by atomic mass is 10.2. The van der Waals surface area contributed by atoms with Gasteiger partial charge >= 0.3 is 0 Å². The van der Waals surface area contributed by atoms with Crippen LogP contribution < -0.4 is 4.74 Å². The lowest BCUT2D eigenvalue weighted by Gasteiger charge is -2.09. The van der Waals surface area contributed by atoms with Crippen molar-refractivity contribution < 1.29 is 4.74 Å². The van der Waals surface area contributed by atoms with E-state index in [2.05, 4.69) is 20.9 Å². The van der Waals surface area contributed by atoms with Crippen molar-refractivity contribution in [3.63, 3.8) is 0 Å². The van der Waals surface area contributed by atoms with Crippen LogP contribution in [0.15, 0.2) is 33.6 Å². The van der Waals surface area contributed by atoms with E-state index in [0.717, 1.165) is 20.9 Å². The van der Waals surface area contributed by atoms with Gasteiger partial charge in [0.05, 0.1) is 11.8 Å². The van der Waals surface area contributed by atoms with Gasteiger partial charge in [-0.2, -0.15) is 0 Å². The number of nitrogens with zero attached hydrogens (tertiary/aromatic N) is 1. The topological polar surface area (TPSA) is 22.1 Å². The summed E-state index contributed by atoms with van der Waals surface area (Å²) < 4.78 is 6.49. The molecule has 0 saturated carbocycles. The maximum absolute atomic E-state index is 5.58. The molecule has 0 aliphatic heterocycles. The van der Waals surface area contributed by atoms with Crippen LogP contribution in [0.2, 0.25) is 0 Å². The average Bonchev–Trinajstić information content (AvgIpc) is 2.65. The monoisotopic (exact) mass is 297 g/mol. The van der Waals surface area contributed by atoms with Crippen LogP contribution in [0.1, 0.15) is 13.8 Å². The molecule has 0 aliphatic carbocycles. The molecule has 0 aliphatic rings. The molecular weight excluding hydrogens is 286 g/mol. The molecule has 0 radical (unpaired) electrons. The fraction of sp³-hybridized carbons (Fsp3) is 0.250. The minimum atomic E-state index is 0.208. The van der Waals surface area contributed by atoms with Gasteiger partial charge in [0.2, 0.25) is 0 Å². The van der Waals surface area contributed by atoms with Crippen LogP contribution in [0.4, 0.5) is 0 Å². The van der Waals surface area contributed by atoms with E-state index in [1.54, 1.807) is 11.3 Å². The number of aromatic nitrogens is 1. The highest BCUT2D eigenvalue weighted by atomic mass is 79.9. The molecule has 16 heavy (non-hydrogen) atoms. The summed E-state index contributed by atoms with van der Waals surface area (Å²) in [6, 6.07) is 8.00. The molecular formula is C12H12BrNOS. The molecule has 2 aromatic rings. The summed E-state index contributed by atoms with van der Waals surface area (Å²) in [4.78, 5) is 4.37. The Morgan fingerprint density at radius 2 is 1.94 bits per heavy atom. The second kappa shape index (κ2) is 4.97. The van der Waals surface area contributed by atoms with Gasteiger partial charge < -0.3 is 4.74 Å². The first-order valence-electron chi connectivity index (χ1n) is 5.03. The van der Waals surface area contributed by atoms with E-state index in [9.17, 15) is 0 Å². The van der Waals surface area contributed by atoms with Crippen molar-refractivity contribution in [1.82, 2.24) is 4.98 Å². The highest BCUT2D eigenvalue weighted by molar-refractivity contribution is 9.11. The summed E-state index contributed by atoms with van der Waals surface area (Å²) in [6.07, 6.45) is 0.208. The lowest BCUT2D eigenvalue weighted by molar-refractivity contribution is 0.242. The maximum Gasteiger partial charge on any atom is 0.159 e. The molecule has 0 fully saturated rings. The Hall–Kier alpha value is -0.870. The summed E-state index contributed by atoms with van der Waals surface area (Å²) in [7, 11) is 0. The molecule has 0 saturated heterocycles. The molecule has 2 nitrogen and oxygen atoms in total. The minimum Gasteiger partial charge on any atom is -0.491 e. The van der Waals surface area contributed by atoms with E-state index in [0.29, 0.717) is 0 Å². The van der Waals surface area contributed by atoms with Gasteiger partial charge in [0, 0.05) is 10.9 Å². The highest BCUT2D eigenvalue weighted by Gasteiger charge is 2.03. The molecule has 4 heteroatoms. The predicted octanol–water partition coefficient (Wildman–Crippen LogP) is 4.36. The van der Waals surface area contributed by atoms with E-state index in [-0.39, 0.29) is 6.10 Å². The van der Waals surface area contributed by atoms with E-state index < -0.39 is 0 Å². The lowest BCUT2D eigenvalue weighted by Crippen LogP contribution is -2.05. The fourth-order valence-corrected chi connectivity index (χ4v) is 2.38. The summed E-state index contributed by atoms with van der Waals surface area (Å²) >= 11 is 4.95. The number of halogens is 1. The molecule has 84 valence electrons. The first-order chi connectivity index (χ1) is 7.65. The Bertz CT molecular complexity index is 464. The Morgan fingerprint density at radius 1 is 1.25 bits per heavy atom. The van der Waals surface area contributed by atoms with Crippen LogP contribution in [0.25, 0.3) is 11.3 Å². The summed E-state index contributed by atoms with van der Waals surface area (Å²) in [6.45, 7) is 4.04. The van der Waals surface area contributed by atoms with E-state index in [1.807, 2.05) is 43.5 Å². The standard InChI is InChI=1S/C12H12BrNOS/c1-8(2)15-10-5-3-9(4-6-10)11-7-16-12(13)14-11/h3-8H,1-2H3. The molecule has 2 rings (SSSR count). The summed E-state index contributed by atoms with van der Waals surface area (Å²) in [5.74, 6) is 0.896. The number of hydrogen-bond donors (Lipinski definition) is 0. The van der Waals surface area contributed by atoms with Gasteiger partial charge in [-0.1, -0.05) is 0 Å². The zero-order valence-electron chi connectivity index (χ0n) is 9.11. The van der Waals surface area contributed by atoms with Gasteiger partial charge in [-0.3, -0.25) is 0 Å². The smallest absolute Gasteiger partial charge is 0.159 e. The zero-order valence-corrected chi connectivity index (χ0v) is 11.5. The largest absolute Gasteiger partial charge is 0.491 e. The van der Waals surface area contributed by atoms with Gasteiger partial charge in [-0.25, -0.2) is 4.98 Å². The van der Waals surface area contributed by atoms with Gasteiger partial charge in [0.15, 0.2) is 3.92 Å². The third-order valence-electron chi connectivity index (χ3n) is 2.00. The van der Waals surface area contributed by atoms with Gasteiger partial charge in [-0.15, -0.1) is 11.3 Å². The van der Waals surface area contributed by atoms with Crippen LogP contribution in [-0.2, 0) is 0 Å². The van der Waals surface area contributed by atoms with Crippen molar-refractivity contribution in [3.05, 3.63) is 33.6 Å². The van der Waals surface area contributed by atoms with Crippen LogP contribution >= 0.6 is 27.3 Å². The molecule has 0 bridgehead atoms. The second-order valence-corrected chi connectivity index (χ2v) is 5.81. The third kappa shape index (κ3) is 2.83. The fourth-order valence-electron chi connectivity index (χ4n) is 1.36. The van der Waals surface area contributed by atoms with Crippen molar-refractivity contribution in [2.75, 3.05) is 0 Å². The SMILES string of the molecule is CC(C)Oc1ccc(-c2csc(Br)n2)cc1. The normalized spacial score (nSPS) is 10.8. The minimum absolute atomic E-state index is 0.208. The average molecular weight is 298 g/mol. The van der Waals surface area contributed by atoms with Crippen molar-refractivity contribution in [1.29, 1.82) is 0 Å². The van der Waals surface area contributed by atoms with Crippen molar-refractivity contribution >= 4 is 27.3 Å². The second-order valence-electron chi connectivity index (χ2n) is 3.68. The quantitative estimate of drug-likeness (QED) is 0.840.